The van der Waals surface area contributed by atoms with E-state index < -0.39 is 18.6 Å². The van der Waals surface area contributed by atoms with Crippen LogP contribution in [0.5, 0.6) is 0 Å². The Morgan fingerprint density at radius 3 is 2.20 bits per heavy atom. The largest absolute Gasteiger partial charge is 0.405 e. The first-order chi connectivity index (χ1) is 6.60. The summed E-state index contributed by atoms with van der Waals surface area (Å²) in [5.74, 6) is 0.251. The molecule has 0 unspecified atom stereocenters. The normalized spacial score (nSPS) is 12.7. The number of alkyl halides is 3. The molecule has 0 spiro atoms. The third-order valence-corrected chi connectivity index (χ3v) is 2.79. The van der Waals surface area contributed by atoms with Crippen LogP contribution < -0.4 is 5.32 Å². The van der Waals surface area contributed by atoms with Crippen LogP contribution >= 0.6 is 11.8 Å². The summed E-state index contributed by atoms with van der Waals surface area (Å²) in [6.45, 7) is 4.77. The number of amides is 1. The van der Waals surface area contributed by atoms with Crippen LogP contribution in [-0.2, 0) is 4.79 Å². The van der Waals surface area contributed by atoms with E-state index in [1.807, 2.05) is 26.1 Å². The average Bonchev–Trinajstić information content (AvgIpc) is 1.97. The van der Waals surface area contributed by atoms with Crippen LogP contribution in [0, 0.1) is 5.41 Å². The Labute approximate surface area is 92.0 Å². The summed E-state index contributed by atoms with van der Waals surface area (Å²) in [6, 6.07) is 0. The van der Waals surface area contributed by atoms with Gasteiger partial charge in [-0.1, -0.05) is 20.8 Å². The molecule has 1 N–H and O–H groups in total. The molecule has 0 atom stereocenters. The Hall–Kier alpha value is -0.390. The van der Waals surface area contributed by atoms with E-state index in [1.165, 1.54) is 11.8 Å². The van der Waals surface area contributed by atoms with Crippen LogP contribution in [0.2, 0.25) is 0 Å². The lowest BCUT2D eigenvalue weighted by atomic mass is 10.0. The summed E-state index contributed by atoms with van der Waals surface area (Å²) in [5, 5.41) is 1.82. The zero-order chi connectivity index (χ0) is 12.1. The number of hydrogen-bond donors (Lipinski definition) is 1. The zero-order valence-electron chi connectivity index (χ0n) is 9.07. The molecule has 0 aliphatic rings. The maximum Gasteiger partial charge on any atom is 0.405 e. The molecule has 0 heterocycles. The Bertz CT molecular complexity index is 210. The SMILES string of the molecule is CC(C)(C)CSCC(=O)NCC(F)(F)F. The number of rotatable bonds is 4. The quantitative estimate of drug-likeness (QED) is 0.821. The molecule has 0 rings (SSSR count). The highest BCUT2D eigenvalue weighted by Gasteiger charge is 2.27. The first kappa shape index (κ1) is 14.6. The first-order valence-electron chi connectivity index (χ1n) is 4.51. The van der Waals surface area contributed by atoms with E-state index in [1.54, 1.807) is 0 Å². The van der Waals surface area contributed by atoms with E-state index in [-0.39, 0.29) is 11.2 Å². The molecule has 0 aliphatic heterocycles. The number of thioether (sulfide) groups is 1. The third-order valence-electron chi connectivity index (χ3n) is 1.25. The van der Waals surface area contributed by atoms with E-state index in [0.29, 0.717) is 0 Å². The molecule has 2 nitrogen and oxygen atoms in total. The van der Waals surface area contributed by atoms with E-state index in [2.05, 4.69) is 0 Å². The van der Waals surface area contributed by atoms with Gasteiger partial charge >= 0.3 is 6.18 Å². The van der Waals surface area contributed by atoms with E-state index in [9.17, 15) is 18.0 Å². The lowest BCUT2D eigenvalue weighted by Crippen LogP contribution is -2.35. The number of halogens is 3. The molecule has 0 aromatic carbocycles. The fourth-order valence-electron chi connectivity index (χ4n) is 0.700. The highest BCUT2D eigenvalue weighted by molar-refractivity contribution is 7.99. The van der Waals surface area contributed by atoms with Crippen LogP contribution in [0.3, 0.4) is 0 Å². The predicted molar refractivity (Wildman–Crippen MR) is 55.8 cm³/mol. The predicted octanol–water partition coefficient (Wildman–Crippen LogP) is 2.44. The van der Waals surface area contributed by atoms with E-state index in [4.69, 9.17) is 0 Å². The molecule has 0 fully saturated rings. The molecule has 0 radical (unpaired) electrons. The molecule has 1 amide bonds. The summed E-state index contributed by atoms with van der Waals surface area (Å²) in [4.78, 5) is 10.9. The van der Waals surface area contributed by atoms with Gasteiger partial charge in [0.2, 0.25) is 5.91 Å². The fourth-order valence-corrected chi connectivity index (χ4v) is 1.70. The van der Waals surface area contributed by atoms with Crippen molar-refractivity contribution in [1.82, 2.24) is 5.32 Å². The lowest BCUT2D eigenvalue weighted by Gasteiger charge is -2.17. The second-order valence-corrected chi connectivity index (χ2v) is 5.43. The van der Waals surface area contributed by atoms with Gasteiger partial charge in [-0.05, 0) is 11.2 Å². The van der Waals surface area contributed by atoms with Gasteiger partial charge in [0, 0.05) is 0 Å². The van der Waals surface area contributed by atoms with Crippen molar-refractivity contribution in [3.05, 3.63) is 0 Å². The van der Waals surface area contributed by atoms with Crippen molar-refractivity contribution in [2.75, 3.05) is 18.1 Å². The van der Waals surface area contributed by atoms with Gasteiger partial charge in [0.25, 0.3) is 0 Å². The van der Waals surface area contributed by atoms with Crippen LogP contribution in [-0.4, -0.2) is 30.1 Å². The van der Waals surface area contributed by atoms with Gasteiger partial charge in [-0.3, -0.25) is 4.79 Å². The van der Waals surface area contributed by atoms with Gasteiger partial charge in [0.05, 0.1) is 5.75 Å². The molecular formula is C9H16F3NOS. The van der Waals surface area contributed by atoms with Crippen molar-refractivity contribution in [3.63, 3.8) is 0 Å². The molecule has 15 heavy (non-hydrogen) atoms. The van der Waals surface area contributed by atoms with Gasteiger partial charge in [0.1, 0.15) is 6.54 Å². The summed E-state index contributed by atoms with van der Waals surface area (Å²) < 4.78 is 35.1. The van der Waals surface area contributed by atoms with E-state index >= 15 is 0 Å². The molecule has 0 aromatic rings. The average molecular weight is 243 g/mol. The van der Waals surface area contributed by atoms with Crippen LogP contribution in [0.4, 0.5) is 13.2 Å². The Morgan fingerprint density at radius 1 is 1.27 bits per heavy atom. The maximum atomic E-state index is 11.7. The standard InChI is InChI=1S/C9H16F3NOS/c1-8(2,3)6-15-4-7(14)13-5-9(10,11)12/h4-6H2,1-3H3,(H,13,14). The summed E-state index contributed by atoms with van der Waals surface area (Å²) >= 11 is 1.34. The number of carbonyl (C=O) groups is 1. The molecule has 0 aromatic heterocycles. The fraction of sp³-hybridized carbons (Fsp3) is 0.889. The monoisotopic (exact) mass is 243 g/mol. The Balaban J connectivity index is 3.60. The summed E-state index contributed by atoms with van der Waals surface area (Å²) in [5.41, 5.74) is 0.0783. The van der Waals surface area contributed by atoms with Crippen molar-refractivity contribution < 1.29 is 18.0 Å². The number of hydrogen-bond acceptors (Lipinski definition) is 2. The van der Waals surface area contributed by atoms with Crippen LogP contribution in [0.15, 0.2) is 0 Å². The highest BCUT2D eigenvalue weighted by atomic mass is 32.2. The molecular weight excluding hydrogens is 227 g/mol. The topological polar surface area (TPSA) is 29.1 Å². The van der Waals surface area contributed by atoms with Crippen molar-refractivity contribution in [3.8, 4) is 0 Å². The molecule has 6 heteroatoms. The second kappa shape index (κ2) is 5.63. The highest BCUT2D eigenvalue weighted by Crippen LogP contribution is 2.20. The number of carbonyl (C=O) groups excluding carboxylic acids is 1. The van der Waals surface area contributed by atoms with Crippen molar-refractivity contribution in [2.24, 2.45) is 5.41 Å². The lowest BCUT2D eigenvalue weighted by molar-refractivity contribution is -0.136. The minimum Gasteiger partial charge on any atom is -0.346 e. The van der Waals surface area contributed by atoms with Gasteiger partial charge in [-0.2, -0.15) is 24.9 Å². The molecule has 0 aliphatic carbocycles. The molecule has 90 valence electrons. The molecule has 0 saturated heterocycles. The second-order valence-electron chi connectivity index (χ2n) is 4.45. The summed E-state index contributed by atoms with van der Waals surface area (Å²) in [6.07, 6.45) is -4.33. The van der Waals surface area contributed by atoms with Crippen LogP contribution in [0.25, 0.3) is 0 Å². The van der Waals surface area contributed by atoms with Crippen molar-refractivity contribution in [1.29, 1.82) is 0 Å². The van der Waals surface area contributed by atoms with Gasteiger partial charge < -0.3 is 5.32 Å². The van der Waals surface area contributed by atoms with Gasteiger partial charge in [-0.15, -0.1) is 0 Å². The maximum absolute atomic E-state index is 11.7. The molecule has 0 bridgehead atoms. The van der Waals surface area contributed by atoms with Gasteiger partial charge in [-0.25, -0.2) is 0 Å². The minimum absolute atomic E-state index is 0.0767. The van der Waals surface area contributed by atoms with Crippen LogP contribution in [0.1, 0.15) is 20.8 Å². The zero-order valence-corrected chi connectivity index (χ0v) is 9.89. The van der Waals surface area contributed by atoms with Gasteiger partial charge in [0.15, 0.2) is 0 Å². The summed E-state index contributed by atoms with van der Waals surface area (Å²) in [7, 11) is 0. The Morgan fingerprint density at radius 2 is 1.80 bits per heavy atom. The first-order valence-corrected chi connectivity index (χ1v) is 5.67. The smallest absolute Gasteiger partial charge is 0.346 e. The Kier molecular flexibility index (Phi) is 5.48. The third kappa shape index (κ3) is 11.5. The van der Waals surface area contributed by atoms with Crippen molar-refractivity contribution in [2.45, 2.75) is 26.9 Å². The van der Waals surface area contributed by atoms with Crippen molar-refractivity contribution >= 4 is 17.7 Å². The minimum atomic E-state index is -4.33. The number of nitrogens with one attached hydrogen (secondary N) is 1. The van der Waals surface area contributed by atoms with E-state index in [0.717, 1.165) is 5.75 Å². The molecule has 0 saturated carbocycles.